The molecule has 2 aromatic carbocycles. The highest BCUT2D eigenvalue weighted by atomic mass is 19.4. The molecule has 0 saturated carbocycles. The second-order valence-electron chi connectivity index (χ2n) is 7.42. The Bertz CT molecular complexity index is 1230. The molecule has 0 amide bonds. The van der Waals surface area contributed by atoms with Gasteiger partial charge < -0.3 is 10.2 Å². The lowest BCUT2D eigenvalue weighted by Crippen LogP contribution is -2.15. The Morgan fingerprint density at radius 2 is 1.50 bits per heavy atom. The van der Waals surface area contributed by atoms with E-state index >= 15 is 0 Å². The molecule has 0 spiro atoms. The van der Waals surface area contributed by atoms with Crippen molar-refractivity contribution < 1.29 is 46.1 Å². The van der Waals surface area contributed by atoms with Crippen molar-refractivity contribution in [2.75, 3.05) is 0 Å². The maximum Gasteiger partial charge on any atom is 0.416 e. The van der Waals surface area contributed by atoms with E-state index in [0.29, 0.717) is 5.69 Å². The molecular formula is C23H15F6NO4. The zero-order chi connectivity index (χ0) is 25.4. The van der Waals surface area contributed by atoms with E-state index < -0.39 is 58.5 Å². The highest BCUT2D eigenvalue weighted by Crippen LogP contribution is 2.37. The summed E-state index contributed by atoms with van der Waals surface area (Å²) in [5, 5.41) is 19.8. The number of hydrogen-bond acceptors (Lipinski definition) is 4. The summed E-state index contributed by atoms with van der Waals surface area (Å²) in [6.45, 7) is 1.68. The SMILES string of the molecule is Cc1ccc(-c2cc(O)cc(CC(=O)c3cc(C(F)(F)F)cc(C(F)(F)F)c3)c2C(=O)O)cn1. The van der Waals surface area contributed by atoms with E-state index in [1.807, 2.05) is 0 Å². The first-order chi connectivity index (χ1) is 15.7. The van der Waals surface area contributed by atoms with Gasteiger partial charge in [0.25, 0.3) is 0 Å². The summed E-state index contributed by atoms with van der Waals surface area (Å²) in [6.07, 6.45) is -9.86. The van der Waals surface area contributed by atoms with Crippen LogP contribution >= 0.6 is 0 Å². The number of rotatable bonds is 5. The lowest BCUT2D eigenvalue weighted by Gasteiger charge is -2.15. The fraction of sp³-hybridized carbons (Fsp3) is 0.174. The predicted molar refractivity (Wildman–Crippen MR) is 108 cm³/mol. The molecule has 5 nitrogen and oxygen atoms in total. The Morgan fingerprint density at radius 3 is 1.97 bits per heavy atom. The van der Waals surface area contributed by atoms with Crippen LogP contribution in [0.2, 0.25) is 0 Å². The number of carboxylic acid groups (broad SMARTS) is 1. The first kappa shape index (κ1) is 24.7. The van der Waals surface area contributed by atoms with Gasteiger partial charge in [0, 0.05) is 35.0 Å². The number of carbonyl (C=O) groups is 2. The number of hydrogen-bond donors (Lipinski definition) is 2. The minimum absolute atomic E-state index is 0.0252. The molecule has 11 heteroatoms. The molecule has 0 unspecified atom stereocenters. The van der Waals surface area contributed by atoms with Crippen LogP contribution in [0.1, 0.15) is 43.1 Å². The highest BCUT2D eigenvalue weighted by molar-refractivity contribution is 6.03. The van der Waals surface area contributed by atoms with E-state index in [9.17, 15) is 46.1 Å². The Kier molecular flexibility index (Phi) is 6.41. The maximum absolute atomic E-state index is 13.1. The number of aryl methyl sites for hydroxylation is 1. The number of carbonyl (C=O) groups excluding carboxylic acids is 1. The monoisotopic (exact) mass is 483 g/mol. The molecule has 3 aromatic rings. The van der Waals surface area contributed by atoms with Crippen LogP contribution < -0.4 is 0 Å². The predicted octanol–water partition coefficient (Wildman–Crippen LogP) is 5.92. The first-order valence-electron chi connectivity index (χ1n) is 9.51. The van der Waals surface area contributed by atoms with Crippen molar-refractivity contribution in [2.45, 2.75) is 25.7 Å². The quantitative estimate of drug-likeness (QED) is 0.347. The number of benzene rings is 2. The van der Waals surface area contributed by atoms with Crippen LogP contribution in [0.15, 0.2) is 48.7 Å². The number of pyridine rings is 1. The van der Waals surface area contributed by atoms with E-state index in [2.05, 4.69) is 4.98 Å². The summed E-state index contributed by atoms with van der Waals surface area (Å²) in [5.41, 5.74) is -4.13. The third kappa shape index (κ3) is 5.36. The molecule has 1 aromatic heterocycles. The van der Waals surface area contributed by atoms with Crippen LogP contribution in [0, 0.1) is 6.92 Å². The minimum Gasteiger partial charge on any atom is -0.508 e. The normalized spacial score (nSPS) is 12.0. The molecule has 1 heterocycles. The molecule has 0 fully saturated rings. The molecule has 0 aliphatic rings. The zero-order valence-electron chi connectivity index (χ0n) is 17.3. The van der Waals surface area contributed by atoms with Gasteiger partial charge in [-0.1, -0.05) is 6.07 Å². The number of carboxylic acids is 1. The molecule has 0 aliphatic heterocycles. The van der Waals surface area contributed by atoms with E-state index in [0.717, 1.165) is 12.1 Å². The second-order valence-corrected chi connectivity index (χ2v) is 7.42. The number of halogens is 6. The lowest BCUT2D eigenvalue weighted by atomic mass is 9.91. The van der Waals surface area contributed by atoms with Crippen molar-refractivity contribution in [1.82, 2.24) is 4.98 Å². The Labute approximate surface area is 188 Å². The van der Waals surface area contributed by atoms with Gasteiger partial charge in [0.05, 0.1) is 16.7 Å². The smallest absolute Gasteiger partial charge is 0.416 e. The third-order valence-electron chi connectivity index (χ3n) is 4.90. The fourth-order valence-electron chi connectivity index (χ4n) is 3.32. The average Bonchev–Trinajstić information content (AvgIpc) is 2.72. The molecule has 0 aliphatic carbocycles. The molecule has 178 valence electrons. The number of nitrogens with zero attached hydrogens (tertiary/aromatic N) is 1. The molecule has 34 heavy (non-hydrogen) atoms. The number of ketones is 1. The van der Waals surface area contributed by atoms with Gasteiger partial charge >= 0.3 is 18.3 Å². The Hall–Kier alpha value is -3.89. The van der Waals surface area contributed by atoms with E-state index in [1.54, 1.807) is 13.0 Å². The molecule has 2 N–H and O–H groups in total. The summed E-state index contributed by atoms with van der Waals surface area (Å²) in [7, 11) is 0. The average molecular weight is 483 g/mol. The molecule has 0 saturated heterocycles. The number of aromatic hydroxyl groups is 1. The van der Waals surface area contributed by atoms with E-state index in [4.69, 9.17) is 0 Å². The number of aromatic nitrogens is 1. The standard InChI is InChI=1S/C23H15F6NO4/c1-11-2-3-12(10-30-11)18-9-17(31)6-14(20(18)21(33)34)7-19(32)13-4-15(22(24,25)26)8-16(5-13)23(27,28)29/h2-6,8-10,31H,7H2,1H3,(H,33,34). The summed E-state index contributed by atoms with van der Waals surface area (Å²) in [6, 6.07) is 5.53. The van der Waals surface area contributed by atoms with Crippen LogP contribution in [0.4, 0.5) is 26.3 Å². The van der Waals surface area contributed by atoms with Crippen molar-refractivity contribution in [1.29, 1.82) is 0 Å². The lowest BCUT2D eigenvalue weighted by molar-refractivity contribution is -0.143. The zero-order valence-corrected chi connectivity index (χ0v) is 17.3. The third-order valence-corrected chi connectivity index (χ3v) is 4.90. The number of aromatic carboxylic acids is 1. The van der Waals surface area contributed by atoms with Gasteiger partial charge in [-0.05, 0) is 48.9 Å². The van der Waals surface area contributed by atoms with Gasteiger partial charge in [0.1, 0.15) is 5.75 Å². The number of phenols is 1. The van der Waals surface area contributed by atoms with Gasteiger partial charge in [-0.2, -0.15) is 26.3 Å². The molecule has 0 atom stereocenters. The maximum atomic E-state index is 13.1. The van der Waals surface area contributed by atoms with Crippen molar-refractivity contribution >= 4 is 11.8 Å². The van der Waals surface area contributed by atoms with Crippen LogP contribution in [0.25, 0.3) is 11.1 Å². The van der Waals surface area contributed by atoms with Crippen LogP contribution in [0.5, 0.6) is 5.75 Å². The van der Waals surface area contributed by atoms with E-state index in [1.165, 1.54) is 12.3 Å². The van der Waals surface area contributed by atoms with Crippen molar-refractivity contribution in [3.8, 4) is 16.9 Å². The van der Waals surface area contributed by atoms with Crippen molar-refractivity contribution in [3.63, 3.8) is 0 Å². The van der Waals surface area contributed by atoms with Crippen LogP contribution in [0.3, 0.4) is 0 Å². The second kappa shape index (κ2) is 8.81. The summed E-state index contributed by atoms with van der Waals surface area (Å²) in [5.74, 6) is -3.17. The number of Topliss-reactive ketones (excluding diaryl/α,β-unsaturated/α-hetero) is 1. The largest absolute Gasteiger partial charge is 0.508 e. The summed E-state index contributed by atoms with van der Waals surface area (Å²) >= 11 is 0. The van der Waals surface area contributed by atoms with E-state index in [-0.39, 0.29) is 34.9 Å². The van der Waals surface area contributed by atoms with Gasteiger partial charge in [-0.25, -0.2) is 4.79 Å². The van der Waals surface area contributed by atoms with Gasteiger partial charge in [-0.3, -0.25) is 9.78 Å². The van der Waals surface area contributed by atoms with Crippen LogP contribution in [-0.2, 0) is 18.8 Å². The van der Waals surface area contributed by atoms with Crippen molar-refractivity contribution in [3.05, 3.63) is 82.2 Å². The minimum atomic E-state index is -5.15. The molecular weight excluding hydrogens is 468 g/mol. The fourth-order valence-corrected chi connectivity index (χ4v) is 3.32. The van der Waals surface area contributed by atoms with Gasteiger partial charge in [0.2, 0.25) is 0 Å². The van der Waals surface area contributed by atoms with Gasteiger partial charge in [-0.15, -0.1) is 0 Å². The van der Waals surface area contributed by atoms with Crippen molar-refractivity contribution in [2.24, 2.45) is 0 Å². The van der Waals surface area contributed by atoms with Gasteiger partial charge in [0.15, 0.2) is 5.78 Å². The Morgan fingerprint density at radius 1 is 0.912 bits per heavy atom. The highest BCUT2D eigenvalue weighted by Gasteiger charge is 2.37. The summed E-state index contributed by atoms with van der Waals surface area (Å²) < 4.78 is 78.7. The molecule has 0 radical (unpaired) electrons. The molecule has 3 rings (SSSR count). The van der Waals surface area contributed by atoms with Crippen LogP contribution in [-0.4, -0.2) is 26.9 Å². The Balaban J connectivity index is 2.12. The first-order valence-corrected chi connectivity index (χ1v) is 9.51. The molecule has 0 bridgehead atoms. The topological polar surface area (TPSA) is 87.5 Å². The summed E-state index contributed by atoms with van der Waals surface area (Å²) in [4.78, 5) is 28.7. The number of phenolic OH excluding ortho intramolecular Hbond substituents is 1. The number of alkyl halides is 6.